The van der Waals surface area contributed by atoms with Gasteiger partial charge >= 0.3 is 11.9 Å². The molecule has 0 unspecified atom stereocenters. The maximum atomic E-state index is 13.8. The minimum absolute atomic E-state index is 0.222. The van der Waals surface area contributed by atoms with Gasteiger partial charge in [-0.15, -0.1) is 0 Å². The monoisotopic (exact) mass is 382 g/mol. The summed E-state index contributed by atoms with van der Waals surface area (Å²) in [5.41, 5.74) is -0.0856. The second-order valence-electron chi connectivity index (χ2n) is 6.45. The van der Waals surface area contributed by atoms with E-state index < -0.39 is 17.6 Å². The maximum Gasteiger partial charge on any atom is 0.433 e. The van der Waals surface area contributed by atoms with Crippen molar-refractivity contribution in [2.45, 2.75) is 6.18 Å². The van der Waals surface area contributed by atoms with Crippen LogP contribution >= 0.6 is 0 Å². The van der Waals surface area contributed by atoms with Crippen molar-refractivity contribution < 1.29 is 13.2 Å². The summed E-state index contributed by atoms with van der Waals surface area (Å²) in [7, 11) is 0. The topological polar surface area (TPSA) is 69.4 Å². The largest absolute Gasteiger partial charge is 0.433 e. The zero-order chi connectivity index (χ0) is 19.5. The number of imidazole rings is 1. The van der Waals surface area contributed by atoms with Gasteiger partial charge in [0.1, 0.15) is 5.69 Å². The summed E-state index contributed by atoms with van der Waals surface area (Å²) < 4.78 is 42.4. The van der Waals surface area contributed by atoms with E-state index in [0.717, 1.165) is 10.1 Å². The Morgan fingerprint density at radius 3 is 2.14 bits per heavy atom. The molecule has 8 heteroatoms. The van der Waals surface area contributed by atoms with Gasteiger partial charge in [0.15, 0.2) is 0 Å². The molecule has 0 spiro atoms. The first-order chi connectivity index (χ1) is 13.4. The minimum Gasteiger partial charge on any atom is -0.360 e. The van der Waals surface area contributed by atoms with Crippen molar-refractivity contribution in [2.24, 2.45) is 0 Å². The average Bonchev–Trinajstić information content (AvgIpc) is 3.35. The Hall–Kier alpha value is -3.68. The van der Waals surface area contributed by atoms with Crippen LogP contribution < -0.4 is 5.69 Å². The molecule has 0 amide bonds. The van der Waals surface area contributed by atoms with Crippen LogP contribution in [0.3, 0.4) is 0 Å². The van der Waals surface area contributed by atoms with Crippen LogP contribution in [0.1, 0.15) is 5.69 Å². The highest BCUT2D eigenvalue weighted by Crippen LogP contribution is 2.39. The molecule has 0 aliphatic heterocycles. The number of rotatable bonds is 2. The summed E-state index contributed by atoms with van der Waals surface area (Å²) in [5.74, 6) is 0. The van der Waals surface area contributed by atoms with Gasteiger partial charge in [0, 0.05) is 39.8 Å². The van der Waals surface area contributed by atoms with Crippen molar-refractivity contribution >= 4 is 21.8 Å². The fourth-order valence-electron chi connectivity index (χ4n) is 3.63. The quantitative estimate of drug-likeness (QED) is 0.403. The molecule has 0 saturated heterocycles. The zero-order valence-electron chi connectivity index (χ0n) is 14.3. The summed E-state index contributed by atoms with van der Waals surface area (Å²) in [6, 6.07) is 14.2. The van der Waals surface area contributed by atoms with Gasteiger partial charge in [0.2, 0.25) is 0 Å². The standard InChI is InChI=1S/C20H13F3N4O/c21-20(22,23)18-17(13-9-24-14-7-3-1-5-11(13)14)27(19(28)26-18)16-10-25-15-8-4-2-6-12(15)16/h1-10,24-25H,(H,26,28). The molecule has 5 rings (SSSR count). The second kappa shape index (κ2) is 5.66. The Kier molecular flexibility index (Phi) is 3.33. The van der Waals surface area contributed by atoms with Crippen LogP contribution in [0.4, 0.5) is 13.2 Å². The number of alkyl halides is 3. The molecule has 0 atom stereocenters. The molecule has 0 fully saturated rings. The molecular weight excluding hydrogens is 369 g/mol. The number of fused-ring (bicyclic) bond motifs is 2. The molecule has 3 aromatic heterocycles. The summed E-state index contributed by atoms with van der Waals surface area (Å²) in [4.78, 5) is 20.7. The fourth-order valence-corrected chi connectivity index (χ4v) is 3.63. The van der Waals surface area contributed by atoms with Gasteiger partial charge in [-0.25, -0.2) is 4.79 Å². The molecule has 140 valence electrons. The molecular formula is C20H13F3N4O. The molecule has 3 N–H and O–H groups in total. The minimum atomic E-state index is -4.72. The van der Waals surface area contributed by atoms with Gasteiger partial charge < -0.3 is 15.0 Å². The molecule has 0 saturated carbocycles. The normalized spacial score (nSPS) is 12.2. The van der Waals surface area contributed by atoms with Crippen molar-refractivity contribution in [3.05, 3.63) is 77.1 Å². The second-order valence-corrected chi connectivity index (χ2v) is 6.45. The number of nitrogens with zero attached hydrogens (tertiary/aromatic N) is 1. The van der Waals surface area contributed by atoms with Crippen molar-refractivity contribution in [1.29, 1.82) is 0 Å². The Bertz CT molecular complexity index is 1380. The Balaban J connectivity index is 1.91. The first-order valence-electron chi connectivity index (χ1n) is 8.50. The highest BCUT2D eigenvalue weighted by Gasteiger charge is 2.39. The molecule has 28 heavy (non-hydrogen) atoms. The lowest BCUT2D eigenvalue weighted by molar-refractivity contribution is -0.140. The number of hydrogen-bond acceptors (Lipinski definition) is 1. The molecule has 5 nitrogen and oxygen atoms in total. The first kappa shape index (κ1) is 16.5. The van der Waals surface area contributed by atoms with Gasteiger partial charge in [-0.3, -0.25) is 4.57 Å². The van der Waals surface area contributed by atoms with E-state index in [-0.39, 0.29) is 5.69 Å². The van der Waals surface area contributed by atoms with Gasteiger partial charge in [0.25, 0.3) is 0 Å². The molecule has 5 aromatic rings. The first-order valence-corrected chi connectivity index (χ1v) is 8.50. The van der Waals surface area contributed by atoms with Gasteiger partial charge in [-0.1, -0.05) is 36.4 Å². The number of nitrogens with one attached hydrogen (secondary N) is 3. The van der Waals surface area contributed by atoms with Crippen LogP contribution in [0.2, 0.25) is 0 Å². The maximum absolute atomic E-state index is 13.8. The van der Waals surface area contributed by atoms with Crippen molar-refractivity contribution in [3.63, 3.8) is 0 Å². The highest BCUT2D eigenvalue weighted by atomic mass is 19.4. The molecule has 2 aromatic carbocycles. The lowest BCUT2D eigenvalue weighted by Crippen LogP contribution is -2.15. The summed E-state index contributed by atoms with van der Waals surface area (Å²) in [6.07, 6.45) is -1.68. The van der Waals surface area contributed by atoms with E-state index in [0.29, 0.717) is 27.5 Å². The van der Waals surface area contributed by atoms with Gasteiger partial charge in [-0.2, -0.15) is 13.2 Å². The summed E-state index contributed by atoms with van der Waals surface area (Å²) in [6.45, 7) is 0. The van der Waals surface area contributed by atoms with Crippen LogP contribution in [0.25, 0.3) is 38.8 Å². The highest BCUT2D eigenvalue weighted by molar-refractivity contribution is 5.97. The van der Waals surface area contributed by atoms with E-state index in [9.17, 15) is 18.0 Å². The van der Waals surface area contributed by atoms with E-state index in [1.807, 2.05) is 11.1 Å². The SMILES string of the molecule is O=c1[nH]c(C(F)(F)F)c(-c2c[nH]c3ccccc23)n1-c1c[nH]c2ccccc12. The van der Waals surface area contributed by atoms with E-state index >= 15 is 0 Å². The van der Waals surface area contributed by atoms with Crippen LogP contribution in [0.15, 0.2) is 65.7 Å². The lowest BCUT2D eigenvalue weighted by Gasteiger charge is -2.10. The average molecular weight is 382 g/mol. The third-order valence-electron chi connectivity index (χ3n) is 4.83. The van der Waals surface area contributed by atoms with Crippen LogP contribution in [-0.4, -0.2) is 19.5 Å². The number of halogens is 3. The Morgan fingerprint density at radius 2 is 1.43 bits per heavy atom. The summed E-state index contributed by atoms with van der Waals surface area (Å²) >= 11 is 0. The van der Waals surface area contributed by atoms with Gasteiger partial charge in [-0.05, 0) is 12.1 Å². The lowest BCUT2D eigenvalue weighted by atomic mass is 10.1. The Labute approximate surface area is 155 Å². The third kappa shape index (κ3) is 2.31. The number of hydrogen-bond donors (Lipinski definition) is 3. The molecule has 0 aliphatic carbocycles. The van der Waals surface area contributed by atoms with E-state index in [1.165, 1.54) is 6.20 Å². The third-order valence-corrected chi connectivity index (χ3v) is 4.83. The van der Waals surface area contributed by atoms with Crippen LogP contribution in [0.5, 0.6) is 0 Å². The van der Waals surface area contributed by atoms with E-state index in [4.69, 9.17) is 0 Å². The van der Waals surface area contributed by atoms with Crippen molar-refractivity contribution in [3.8, 4) is 16.9 Å². The zero-order valence-corrected chi connectivity index (χ0v) is 14.3. The molecule has 0 aliphatic rings. The van der Waals surface area contributed by atoms with Crippen LogP contribution in [0, 0.1) is 0 Å². The molecule has 0 bridgehead atoms. The predicted molar refractivity (Wildman–Crippen MR) is 101 cm³/mol. The molecule has 0 radical (unpaired) electrons. The smallest absolute Gasteiger partial charge is 0.360 e. The fraction of sp³-hybridized carbons (Fsp3) is 0.0500. The van der Waals surface area contributed by atoms with Crippen LogP contribution in [-0.2, 0) is 6.18 Å². The Morgan fingerprint density at radius 1 is 0.821 bits per heavy atom. The van der Waals surface area contributed by atoms with Crippen molar-refractivity contribution in [2.75, 3.05) is 0 Å². The predicted octanol–water partition coefficient (Wildman–Crippen LogP) is 4.81. The van der Waals surface area contributed by atoms with Gasteiger partial charge in [0.05, 0.1) is 11.4 Å². The molecule has 3 heterocycles. The number of para-hydroxylation sites is 2. The number of aromatic nitrogens is 4. The number of H-pyrrole nitrogens is 3. The van der Waals surface area contributed by atoms with E-state index in [1.54, 1.807) is 48.7 Å². The van der Waals surface area contributed by atoms with E-state index in [2.05, 4.69) is 9.97 Å². The number of aromatic amines is 3. The van der Waals surface area contributed by atoms with Crippen molar-refractivity contribution in [1.82, 2.24) is 19.5 Å². The summed E-state index contributed by atoms with van der Waals surface area (Å²) in [5, 5.41) is 1.25. The number of benzene rings is 2.